The molecule has 1 aliphatic carbocycles. The van der Waals surface area contributed by atoms with Crippen LogP contribution in [0.25, 0.3) is 10.8 Å². The average molecular weight is 367 g/mol. The Labute approximate surface area is 158 Å². The number of likely N-dealkylation sites (tertiary alicyclic amines) is 1. The first-order chi connectivity index (χ1) is 13.1. The van der Waals surface area contributed by atoms with E-state index in [4.69, 9.17) is 4.74 Å². The van der Waals surface area contributed by atoms with Crippen molar-refractivity contribution in [3.05, 3.63) is 42.5 Å². The maximum absolute atomic E-state index is 12.8. The Balaban J connectivity index is 1.36. The van der Waals surface area contributed by atoms with E-state index in [-0.39, 0.29) is 25.0 Å². The Hall–Kier alpha value is -2.40. The molecule has 5 heteroatoms. The zero-order chi connectivity index (χ0) is 18.9. The van der Waals surface area contributed by atoms with Crippen molar-refractivity contribution in [2.45, 2.75) is 44.6 Å². The number of carbonyl (C=O) groups excluding carboxylic acids is 2. The Morgan fingerprint density at radius 3 is 2.56 bits per heavy atom. The molecule has 27 heavy (non-hydrogen) atoms. The molecule has 2 aliphatic rings. The van der Waals surface area contributed by atoms with Gasteiger partial charge in [-0.15, -0.1) is 0 Å². The molecule has 1 heterocycles. The van der Waals surface area contributed by atoms with Gasteiger partial charge in [0.05, 0.1) is 12.0 Å². The summed E-state index contributed by atoms with van der Waals surface area (Å²) in [6, 6.07) is 13.7. The van der Waals surface area contributed by atoms with Gasteiger partial charge < -0.3 is 9.84 Å². The number of rotatable bonds is 5. The van der Waals surface area contributed by atoms with Gasteiger partial charge in [0.25, 0.3) is 0 Å². The van der Waals surface area contributed by atoms with Crippen LogP contribution in [0.4, 0.5) is 0 Å². The first-order valence-electron chi connectivity index (χ1n) is 9.72. The van der Waals surface area contributed by atoms with Crippen molar-refractivity contribution in [3.63, 3.8) is 0 Å². The molecule has 4 rings (SSSR count). The largest absolute Gasteiger partial charge is 0.491 e. The van der Waals surface area contributed by atoms with E-state index in [1.807, 2.05) is 42.5 Å². The minimum absolute atomic E-state index is 0.00694. The van der Waals surface area contributed by atoms with Gasteiger partial charge in [-0.25, -0.2) is 0 Å². The standard InChI is InChI=1S/C22H25NO4/c24-18(15-27-19-9-8-16-6-2-3-7-17(16)12-19)14-23-20(25)13-22(21(23)26)10-4-1-5-11-22/h2-3,6-9,12,18,24H,1,4-5,10-11,13-15H2/t18-/m0/s1. The van der Waals surface area contributed by atoms with Gasteiger partial charge in [0.1, 0.15) is 18.5 Å². The fourth-order valence-corrected chi connectivity index (χ4v) is 4.38. The Bertz CT molecular complexity index is 856. The lowest BCUT2D eigenvalue weighted by molar-refractivity contribution is -0.144. The SMILES string of the molecule is O=C1CC2(CCCCC2)C(=O)N1C[C@H](O)COc1ccc2ccccc2c1. The number of hydrogen-bond donors (Lipinski definition) is 1. The Morgan fingerprint density at radius 1 is 1.04 bits per heavy atom. The molecule has 0 bridgehead atoms. The van der Waals surface area contributed by atoms with Crippen molar-refractivity contribution in [1.82, 2.24) is 4.90 Å². The van der Waals surface area contributed by atoms with E-state index in [2.05, 4.69) is 0 Å². The lowest BCUT2D eigenvalue weighted by Crippen LogP contribution is -2.42. The number of carbonyl (C=O) groups is 2. The molecule has 0 unspecified atom stereocenters. The van der Waals surface area contributed by atoms with Crippen molar-refractivity contribution in [1.29, 1.82) is 0 Å². The molecular formula is C22H25NO4. The fraction of sp³-hybridized carbons (Fsp3) is 0.455. The van der Waals surface area contributed by atoms with E-state index in [0.29, 0.717) is 12.2 Å². The molecule has 2 aromatic rings. The lowest BCUT2D eigenvalue weighted by Gasteiger charge is -2.30. The molecule has 0 aromatic heterocycles. The first kappa shape index (κ1) is 18.0. The lowest BCUT2D eigenvalue weighted by atomic mass is 9.73. The number of fused-ring (bicyclic) bond motifs is 1. The molecule has 5 nitrogen and oxygen atoms in total. The smallest absolute Gasteiger partial charge is 0.235 e. The van der Waals surface area contributed by atoms with Crippen LogP contribution in [-0.2, 0) is 9.59 Å². The second kappa shape index (κ2) is 7.31. The molecule has 1 saturated carbocycles. The van der Waals surface area contributed by atoms with Crippen LogP contribution in [0.15, 0.2) is 42.5 Å². The summed E-state index contributed by atoms with van der Waals surface area (Å²) in [5.74, 6) is 0.402. The predicted molar refractivity (Wildman–Crippen MR) is 102 cm³/mol. The normalized spacial score (nSPS) is 20.4. The minimum atomic E-state index is -0.900. The second-order valence-electron chi connectivity index (χ2n) is 7.80. The van der Waals surface area contributed by atoms with E-state index >= 15 is 0 Å². The number of aliphatic hydroxyl groups is 1. The molecular weight excluding hydrogens is 342 g/mol. The predicted octanol–water partition coefficient (Wildman–Crippen LogP) is 3.29. The molecule has 0 radical (unpaired) electrons. The Kier molecular flexibility index (Phi) is 4.87. The molecule has 2 aromatic carbocycles. The van der Waals surface area contributed by atoms with Crippen LogP contribution >= 0.6 is 0 Å². The van der Waals surface area contributed by atoms with Crippen LogP contribution in [0.2, 0.25) is 0 Å². The molecule has 1 aliphatic heterocycles. The average Bonchev–Trinajstić information content (AvgIpc) is 2.90. The van der Waals surface area contributed by atoms with Crippen LogP contribution < -0.4 is 4.74 Å². The topological polar surface area (TPSA) is 66.8 Å². The summed E-state index contributed by atoms with van der Waals surface area (Å²) in [6.07, 6.45) is 4.11. The molecule has 1 spiro atoms. The summed E-state index contributed by atoms with van der Waals surface area (Å²) in [4.78, 5) is 26.4. The summed E-state index contributed by atoms with van der Waals surface area (Å²) in [7, 11) is 0. The van der Waals surface area contributed by atoms with Crippen LogP contribution in [0, 0.1) is 5.41 Å². The van der Waals surface area contributed by atoms with E-state index in [1.54, 1.807) is 0 Å². The second-order valence-corrected chi connectivity index (χ2v) is 7.80. The highest BCUT2D eigenvalue weighted by Gasteiger charge is 2.51. The summed E-state index contributed by atoms with van der Waals surface area (Å²) in [5.41, 5.74) is -0.506. The zero-order valence-corrected chi connectivity index (χ0v) is 15.4. The van der Waals surface area contributed by atoms with Gasteiger partial charge in [0, 0.05) is 6.42 Å². The maximum Gasteiger partial charge on any atom is 0.235 e. The summed E-state index contributed by atoms with van der Waals surface area (Å²) < 4.78 is 5.69. The van der Waals surface area contributed by atoms with Crippen molar-refractivity contribution >= 4 is 22.6 Å². The van der Waals surface area contributed by atoms with Crippen molar-refractivity contribution in [2.24, 2.45) is 5.41 Å². The van der Waals surface area contributed by atoms with Crippen molar-refractivity contribution in [2.75, 3.05) is 13.2 Å². The zero-order valence-electron chi connectivity index (χ0n) is 15.4. The number of nitrogens with zero attached hydrogens (tertiary/aromatic N) is 1. The van der Waals surface area contributed by atoms with Gasteiger partial charge in [-0.05, 0) is 35.7 Å². The number of benzene rings is 2. The highest BCUT2D eigenvalue weighted by Crippen LogP contribution is 2.45. The van der Waals surface area contributed by atoms with Gasteiger partial charge in [-0.2, -0.15) is 0 Å². The van der Waals surface area contributed by atoms with Gasteiger partial charge in [0.2, 0.25) is 11.8 Å². The number of aliphatic hydroxyl groups excluding tert-OH is 1. The highest BCUT2D eigenvalue weighted by atomic mass is 16.5. The van der Waals surface area contributed by atoms with Gasteiger partial charge >= 0.3 is 0 Å². The summed E-state index contributed by atoms with van der Waals surface area (Å²) in [5, 5.41) is 12.5. The molecule has 2 fully saturated rings. The minimum Gasteiger partial charge on any atom is -0.491 e. The van der Waals surface area contributed by atoms with E-state index in [1.165, 1.54) is 4.90 Å². The summed E-state index contributed by atoms with van der Waals surface area (Å²) >= 11 is 0. The first-order valence-corrected chi connectivity index (χ1v) is 9.72. The van der Waals surface area contributed by atoms with Crippen molar-refractivity contribution in [3.8, 4) is 5.75 Å². The summed E-state index contributed by atoms with van der Waals surface area (Å²) in [6.45, 7) is 0.0510. The molecule has 142 valence electrons. The van der Waals surface area contributed by atoms with Gasteiger partial charge in [-0.1, -0.05) is 49.6 Å². The van der Waals surface area contributed by atoms with Crippen molar-refractivity contribution < 1.29 is 19.4 Å². The van der Waals surface area contributed by atoms with Crippen LogP contribution in [-0.4, -0.2) is 41.1 Å². The molecule has 1 N–H and O–H groups in total. The van der Waals surface area contributed by atoms with Crippen LogP contribution in [0.5, 0.6) is 5.75 Å². The van der Waals surface area contributed by atoms with Crippen LogP contribution in [0.3, 0.4) is 0 Å². The number of amides is 2. The third-order valence-electron chi connectivity index (χ3n) is 5.86. The number of ether oxygens (including phenoxy) is 1. The van der Waals surface area contributed by atoms with Gasteiger partial charge in [-0.3, -0.25) is 14.5 Å². The van der Waals surface area contributed by atoms with Crippen LogP contribution in [0.1, 0.15) is 38.5 Å². The fourth-order valence-electron chi connectivity index (χ4n) is 4.38. The third-order valence-corrected chi connectivity index (χ3v) is 5.86. The quantitative estimate of drug-likeness (QED) is 0.824. The van der Waals surface area contributed by atoms with E-state index in [9.17, 15) is 14.7 Å². The molecule has 1 saturated heterocycles. The third kappa shape index (κ3) is 3.56. The highest BCUT2D eigenvalue weighted by molar-refractivity contribution is 6.06. The number of hydrogen-bond acceptors (Lipinski definition) is 4. The van der Waals surface area contributed by atoms with E-state index < -0.39 is 11.5 Å². The van der Waals surface area contributed by atoms with E-state index in [0.717, 1.165) is 42.9 Å². The molecule has 1 atom stereocenters. The maximum atomic E-state index is 12.8. The molecule has 2 amide bonds. The number of β-amino-alcohol motifs (C(OH)–C–C–N with tert-alkyl or cyclic N) is 1. The number of imide groups is 1. The van der Waals surface area contributed by atoms with Gasteiger partial charge in [0.15, 0.2) is 0 Å². The Morgan fingerprint density at radius 2 is 1.78 bits per heavy atom. The monoisotopic (exact) mass is 367 g/mol.